The number of alkyl halides is 1. The normalized spacial score (nSPS) is 17.0. The number of hydrogen-bond donors (Lipinski definition) is 1. The van der Waals surface area contributed by atoms with Crippen LogP contribution in [0.5, 0.6) is 0 Å². The van der Waals surface area contributed by atoms with Crippen molar-refractivity contribution in [2.75, 3.05) is 30.0 Å². The van der Waals surface area contributed by atoms with Gasteiger partial charge in [0.2, 0.25) is 0 Å². The first-order valence-electron chi connectivity index (χ1n) is 6.98. The van der Waals surface area contributed by atoms with Gasteiger partial charge in [-0.2, -0.15) is 0 Å². The molecular formula is C15H20IN4-. The van der Waals surface area contributed by atoms with Crippen LogP contribution >= 0.6 is 0 Å². The Morgan fingerprint density at radius 3 is 2.75 bits per heavy atom. The van der Waals surface area contributed by atoms with Gasteiger partial charge in [0.05, 0.1) is 0 Å². The summed E-state index contributed by atoms with van der Waals surface area (Å²) in [6, 6.07) is 7.07. The topological polar surface area (TPSA) is 41.0 Å². The molecule has 1 aliphatic heterocycles. The van der Waals surface area contributed by atoms with Gasteiger partial charge in [-0.15, -0.1) is 0 Å². The molecule has 3 heterocycles. The standard InChI is InChI=1S/C15H20IN4/c1-16-15-4-3-13-14(19-15)9-12(10-18-13)20-7-5-11(17-2)6-8-20/h3-4,9-11,17H,5-8H2,1-2H3/q-1. The van der Waals surface area contributed by atoms with Crippen molar-refractivity contribution in [2.24, 2.45) is 0 Å². The molecule has 0 aliphatic carbocycles. The quantitative estimate of drug-likeness (QED) is 0.407. The summed E-state index contributed by atoms with van der Waals surface area (Å²) < 4.78 is 1.24. The Balaban J connectivity index is 1.85. The van der Waals surface area contributed by atoms with Crippen molar-refractivity contribution >= 4 is 16.7 Å². The molecule has 2 aromatic heterocycles. The Kier molecular flexibility index (Phi) is 4.35. The summed E-state index contributed by atoms with van der Waals surface area (Å²) >= 11 is 0.0399. The maximum atomic E-state index is 4.73. The molecule has 0 aromatic carbocycles. The minimum atomic E-state index is 0.0399. The molecule has 20 heavy (non-hydrogen) atoms. The fourth-order valence-electron chi connectivity index (χ4n) is 2.68. The molecule has 0 radical (unpaired) electrons. The summed E-state index contributed by atoms with van der Waals surface area (Å²) in [6.07, 6.45) is 4.38. The first-order chi connectivity index (χ1) is 9.80. The van der Waals surface area contributed by atoms with Crippen LogP contribution in [0.15, 0.2) is 24.4 Å². The summed E-state index contributed by atoms with van der Waals surface area (Å²) in [4.78, 5) is 14.0. The summed E-state index contributed by atoms with van der Waals surface area (Å²) in [5, 5.41) is 3.37. The monoisotopic (exact) mass is 383 g/mol. The number of pyridine rings is 2. The molecule has 0 spiro atoms. The van der Waals surface area contributed by atoms with E-state index in [2.05, 4.69) is 45.4 Å². The summed E-state index contributed by atoms with van der Waals surface area (Å²) in [5.41, 5.74) is 3.25. The van der Waals surface area contributed by atoms with Crippen LogP contribution in [0, 0.1) is 3.70 Å². The van der Waals surface area contributed by atoms with Crippen LogP contribution in [-0.4, -0.2) is 41.1 Å². The number of aromatic nitrogens is 2. The van der Waals surface area contributed by atoms with E-state index in [0.717, 1.165) is 24.1 Å². The zero-order valence-electron chi connectivity index (χ0n) is 11.9. The van der Waals surface area contributed by atoms with Gasteiger partial charge < -0.3 is 0 Å². The first kappa shape index (κ1) is 14.0. The Morgan fingerprint density at radius 2 is 2.05 bits per heavy atom. The molecule has 1 N–H and O–H groups in total. The third-order valence-corrected chi connectivity index (χ3v) is 5.66. The van der Waals surface area contributed by atoms with Crippen LogP contribution in [0.3, 0.4) is 0 Å². The Bertz CT molecular complexity index is 593. The van der Waals surface area contributed by atoms with Crippen molar-refractivity contribution in [3.8, 4) is 0 Å². The molecule has 0 bridgehead atoms. The van der Waals surface area contributed by atoms with Crippen molar-refractivity contribution in [1.82, 2.24) is 15.3 Å². The Morgan fingerprint density at radius 1 is 1.25 bits per heavy atom. The van der Waals surface area contributed by atoms with Crippen LogP contribution in [0.2, 0.25) is 0 Å². The summed E-state index contributed by atoms with van der Waals surface area (Å²) in [6.45, 7) is 2.19. The van der Waals surface area contributed by atoms with E-state index in [1.54, 1.807) is 0 Å². The number of piperidine rings is 1. The number of nitrogens with one attached hydrogen (secondary N) is 1. The number of halogens is 1. The fourth-order valence-corrected chi connectivity index (χ4v) is 3.72. The van der Waals surface area contributed by atoms with Gasteiger partial charge in [0.25, 0.3) is 0 Å². The van der Waals surface area contributed by atoms with Crippen LogP contribution < -0.4 is 31.4 Å². The number of anilines is 1. The van der Waals surface area contributed by atoms with Crippen LogP contribution in [0.25, 0.3) is 11.0 Å². The zero-order chi connectivity index (χ0) is 13.9. The molecule has 1 aliphatic rings. The van der Waals surface area contributed by atoms with Gasteiger partial charge in [0.1, 0.15) is 0 Å². The second-order valence-electron chi connectivity index (χ2n) is 5.10. The molecule has 4 nitrogen and oxygen atoms in total. The van der Waals surface area contributed by atoms with E-state index in [9.17, 15) is 0 Å². The third kappa shape index (κ3) is 2.88. The second kappa shape index (κ2) is 6.22. The van der Waals surface area contributed by atoms with E-state index < -0.39 is 0 Å². The zero-order valence-corrected chi connectivity index (χ0v) is 14.1. The molecule has 1 fully saturated rings. The van der Waals surface area contributed by atoms with Gasteiger partial charge in [-0.05, 0) is 0 Å². The van der Waals surface area contributed by atoms with Gasteiger partial charge in [0, 0.05) is 0 Å². The van der Waals surface area contributed by atoms with E-state index in [-0.39, 0.29) is 21.2 Å². The van der Waals surface area contributed by atoms with Gasteiger partial charge in [-0.3, -0.25) is 0 Å². The predicted molar refractivity (Wildman–Crippen MR) is 78.5 cm³/mol. The summed E-state index contributed by atoms with van der Waals surface area (Å²) in [5.74, 6) is 0. The molecule has 0 amide bonds. The fraction of sp³-hybridized carbons (Fsp3) is 0.467. The van der Waals surface area contributed by atoms with Gasteiger partial charge in [-0.25, -0.2) is 0 Å². The minimum absolute atomic E-state index is 0.0399. The van der Waals surface area contributed by atoms with E-state index in [0.29, 0.717) is 6.04 Å². The van der Waals surface area contributed by atoms with E-state index >= 15 is 0 Å². The van der Waals surface area contributed by atoms with Crippen LogP contribution in [0.4, 0.5) is 5.69 Å². The van der Waals surface area contributed by atoms with Gasteiger partial charge in [0.15, 0.2) is 0 Å². The molecule has 0 unspecified atom stereocenters. The average Bonchev–Trinajstić information content (AvgIpc) is 2.54. The number of hydrogen-bond acceptors (Lipinski definition) is 4. The molecule has 2 aromatic rings. The van der Waals surface area contributed by atoms with Crippen LogP contribution in [-0.2, 0) is 0 Å². The molecule has 0 saturated carbocycles. The van der Waals surface area contributed by atoms with E-state index in [1.165, 1.54) is 22.2 Å². The van der Waals surface area contributed by atoms with Crippen molar-refractivity contribution in [1.29, 1.82) is 0 Å². The average molecular weight is 383 g/mol. The van der Waals surface area contributed by atoms with Gasteiger partial charge in [-0.1, -0.05) is 0 Å². The van der Waals surface area contributed by atoms with Crippen molar-refractivity contribution in [3.63, 3.8) is 0 Å². The van der Waals surface area contributed by atoms with Crippen molar-refractivity contribution in [3.05, 3.63) is 28.1 Å². The Labute approximate surface area is 130 Å². The van der Waals surface area contributed by atoms with Crippen molar-refractivity contribution < 1.29 is 21.2 Å². The molecule has 108 valence electrons. The molecule has 1 saturated heterocycles. The SMILES string of the molecule is CNC1CCN(c2cnc3ccc([I-]C)nc3c2)CC1. The molecule has 0 atom stereocenters. The van der Waals surface area contributed by atoms with Crippen LogP contribution in [0.1, 0.15) is 12.8 Å². The first-order valence-corrected chi connectivity index (χ1v) is 10.2. The summed E-state index contributed by atoms with van der Waals surface area (Å²) in [7, 11) is 2.05. The molecular weight excluding hydrogens is 363 g/mol. The number of fused-ring (bicyclic) bond motifs is 1. The molecule has 3 rings (SSSR count). The van der Waals surface area contributed by atoms with E-state index in [4.69, 9.17) is 4.98 Å². The number of nitrogens with zero attached hydrogens (tertiary/aromatic N) is 3. The molecule has 5 heteroatoms. The third-order valence-electron chi connectivity index (χ3n) is 3.95. The van der Waals surface area contributed by atoms with Crippen molar-refractivity contribution in [2.45, 2.75) is 18.9 Å². The van der Waals surface area contributed by atoms with Gasteiger partial charge >= 0.3 is 130 Å². The predicted octanol–water partition coefficient (Wildman–Crippen LogP) is -1.29. The number of rotatable bonds is 3. The second-order valence-corrected chi connectivity index (χ2v) is 7.29. The maximum absolute atomic E-state index is 4.73. The Hall–Kier alpha value is -0.950. The van der Waals surface area contributed by atoms with E-state index in [1.807, 2.05) is 6.20 Å².